The fourth-order valence-electron chi connectivity index (χ4n) is 2.93. The lowest BCUT2D eigenvalue weighted by Crippen LogP contribution is -2.20. The molecule has 8 heteroatoms. The zero-order valence-electron chi connectivity index (χ0n) is 15.9. The van der Waals surface area contributed by atoms with Crippen LogP contribution in [-0.2, 0) is 15.8 Å². The van der Waals surface area contributed by atoms with Crippen LogP contribution in [0.3, 0.4) is 0 Å². The molecule has 1 aliphatic heterocycles. The maximum atomic E-state index is 12.5. The lowest BCUT2D eigenvalue weighted by Gasteiger charge is -2.11. The van der Waals surface area contributed by atoms with Gasteiger partial charge in [0, 0.05) is 37.0 Å². The lowest BCUT2D eigenvalue weighted by molar-refractivity contribution is 0.102. The molecule has 148 valence electrons. The van der Waals surface area contributed by atoms with Crippen molar-refractivity contribution >= 4 is 39.2 Å². The number of thioether (sulfide) groups is 1. The van der Waals surface area contributed by atoms with Crippen LogP contribution in [0.25, 0.3) is 0 Å². The lowest BCUT2D eigenvalue weighted by atomic mass is 10.1. The second kappa shape index (κ2) is 8.79. The molecule has 0 radical (unpaired) electrons. The van der Waals surface area contributed by atoms with Crippen LogP contribution in [0.5, 0.6) is 0 Å². The summed E-state index contributed by atoms with van der Waals surface area (Å²) in [7, 11) is -1.91. The second-order valence-electron chi connectivity index (χ2n) is 6.62. The van der Waals surface area contributed by atoms with Crippen LogP contribution in [0.2, 0.25) is 0 Å². The monoisotopic (exact) mass is 417 g/mol. The van der Waals surface area contributed by atoms with Crippen LogP contribution in [0.15, 0.2) is 57.8 Å². The quantitative estimate of drug-likeness (QED) is 0.777. The van der Waals surface area contributed by atoms with Crippen LogP contribution in [0, 0.1) is 0 Å². The van der Waals surface area contributed by atoms with E-state index in [9.17, 15) is 13.2 Å². The minimum Gasteiger partial charge on any atom is -0.362 e. The molecule has 1 fully saturated rings. The molecule has 3 rings (SSSR count). The van der Waals surface area contributed by atoms with E-state index in [1.54, 1.807) is 36.0 Å². The molecule has 0 saturated carbocycles. The number of benzene rings is 2. The van der Waals surface area contributed by atoms with Gasteiger partial charge in [-0.3, -0.25) is 4.79 Å². The highest BCUT2D eigenvalue weighted by atomic mass is 32.2. The van der Waals surface area contributed by atoms with Crippen LogP contribution < -0.4 is 5.32 Å². The van der Waals surface area contributed by atoms with E-state index in [1.165, 1.54) is 12.1 Å². The topological polar surface area (TPSA) is 78.8 Å². The van der Waals surface area contributed by atoms with Crippen molar-refractivity contribution in [1.82, 2.24) is 4.90 Å². The SMILES string of the molecule is CSCc1ccc(C(=O)Nc2ccc(S(=O)(=O)/N=C3\CCCN3C)cc2)cc1. The Labute approximate surface area is 170 Å². The Morgan fingerprint density at radius 2 is 1.82 bits per heavy atom. The summed E-state index contributed by atoms with van der Waals surface area (Å²) in [5.41, 5.74) is 2.24. The third-order valence-corrected chi connectivity index (χ3v) is 6.44. The molecule has 6 nitrogen and oxygen atoms in total. The van der Waals surface area contributed by atoms with Crippen molar-refractivity contribution < 1.29 is 13.2 Å². The second-order valence-corrected chi connectivity index (χ2v) is 9.09. The van der Waals surface area contributed by atoms with Crippen molar-refractivity contribution in [2.45, 2.75) is 23.5 Å². The van der Waals surface area contributed by atoms with E-state index in [0.29, 0.717) is 23.5 Å². The van der Waals surface area contributed by atoms with E-state index < -0.39 is 10.0 Å². The first-order valence-electron chi connectivity index (χ1n) is 8.93. The van der Waals surface area contributed by atoms with Gasteiger partial charge in [-0.2, -0.15) is 20.2 Å². The highest BCUT2D eigenvalue weighted by Crippen LogP contribution is 2.20. The van der Waals surface area contributed by atoms with Gasteiger partial charge in [0.15, 0.2) is 0 Å². The molecular weight excluding hydrogens is 394 g/mol. The summed E-state index contributed by atoms with van der Waals surface area (Å²) >= 11 is 1.72. The zero-order chi connectivity index (χ0) is 20.1. The van der Waals surface area contributed by atoms with E-state index in [4.69, 9.17) is 0 Å². The predicted molar refractivity (Wildman–Crippen MR) is 115 cm³/mol. The molecule has 0 atom stereocenters. The molecule has 1 N–H and O–H groups in total. The number of carbonyl (C=O) groups is 1. The van der Waals surface area contributed by atoms with Crippen LogP contribution in [0.4, 0.5) is 5.69 Å². The Bertz CT molecular complexity index is 969. The smallest absolute Gasteiger partial charge is 0.283 e. The van der Waals surface area contributed by atoms with E-state index in [0.717, 1.165) is 24.3 Å². The number of hydrogen-bond acceptors (Lipinski definition) is 4. The van der Waals surface area contributed by atoms with Crippen molar-refractivity contribution in [3.05, 3.63) is 59.7 Å². The summed E-state index contributed by atoms with van der Waals surface area (Å²) in [4.78, 5) is 14.3. The molecule has 1 heterocycles. The molecule has 2 aromatic rings. The largest absolute Gasteiger partial charge is 0.362 e. The van der Waals surface area contributed by atoms with Gasteiger partial charge < -0.3 is 10.2 Å². The first-order valence-corrected chi connectivity index (χ1v) is 11.8. The summed E-state index contributed by atoms with van der Waals surface area (Å²) in [6.45, 7) is 0.817. The maximum absolute atomic E-state index is 12.5. The number of sulfonamides is 1. The Hall–Kier alpha value is -2.32. The van der Waals surface area contributed by atoms with Crippen LogP contribution in [0.1, 0.15) is 28.8 Å². The molecule has 28 heavy (non-hydrogen) atoms. The Kier molecular flexibility index (Phi) is 6.41. The molecule has 0 unspecified atom stereocenters. The van der Waals surface area contributed by atoms with E-state index in [2.05, 4.69) is 9.71 Å². The van der Waals surface area contributed by atoms with Crippen molar-refractivity contribution in [2.75, 3.05) is 25.2 Å². The summed E-state index contributed by atoms with van der Waals surface area (Å²) < 4.78 is 28.9. The average molecular weight is 418 g/mol. The summed E-state index contributed by atoms with van der Waals surface area (Å²) in [6, 6.07) is 13.5. The van der Waals surface area contributed by atoms with Gasteiger partial charge in [-0.1, -0.05) is 12.1 Å². The van der Waals surface area contributed by atoms with Gasteiger partial charge in [-0.05, 0) is 54.6 Å². The van der Waals surface area contributed by atoms with E-state index >= 15 is 0 Å². The van der Waals surface area contributed by atoms with E-state index in [1.807, 2.05) is 30.3 Å². The first-order chi connectivity index (χ1) is 13.4. The summed E-state index contributed by atoms with van der Waals surface area (Å²) in [6.07, 6.45) is 3.61. The molecule has 0 spiro atoms. The van der Waals surface area contributed by atoms with Gasteiger partial charge in [-0.25, -0.2) is 0 Å². The molecule has 0 aliphatic carbocycles. The minimum absolute atomic E-state index is 0.111. The fraction of sp³-hybridized carbons (Fsp3) is 0.300. The van der Waals surface area contributed by atoms with Gasteiger partial charge in [0.25, 0.3) is 15.9 Å². The molecule has 1 saturated heterocycles. The van der Waals surface area contributed by atoms with Crippen molar-refractivity contribution in [1.29, 1.82) is 0 Å². The first kappa shape index (κ1) is 20.4. The maximum Gasteiger partial charge on any atom is 0.283 e. The number of amides is 1. The standard InChI is InChI=1S/C20H23N3O3S2/c1-23-13-3-4-19(23)22-28(25,26)18-11-9-17(10-12-18)21-20(24)16-7-5-15(6-8-16)14-27-2/h5-12H,3-4,13-14H2,1-2H3,(H,21,24)/b22-19+. The molecule has 0 aromatic heterocycles. The number of carbonyl (C=O) groups excluding carboxylic acids is 1. The molecular formula is C20H23N3O3S2. The number of hydrogen-bond donors (Lipinski definition) is 1. The Morgan fingerprint density at radius 1 is 1.14 bits per heavy atom. The van der Waals surface area contributed by atoms with E-state index in [-0.39, 0.29) is 10.8 Å². The predicted octanol–water partition coefficient (Wildman–Crippen LogP) is 3.61. The molecule has 2 aromatic carbocycles. The molecule has 1 amide bonds. The van der Waals surface area contributed by atoms with Gasteiger partial charge in [0.1, 0.15) is 5.84 Å². The van der Waals surface area contributed by atoms with Crippen molar-refractivity contribution in [2.24, 2.45) is 4.40 Å². The van der Waals surface area contributed by atoms with Gasteiger partial charge >= 0.3 is 0 Å². The molecule has 1 aliphatic rings. The Balaban J connectivity index is 1.69. The minimum atomic E-state index is -3.75. The van der Waals surface area contributed by atoms with Crippen LogP contribution in [-0.4, -0.2) is 44.9 Å². The summed E-state index contributed by atoms with van der Waals surface area (Å²) in [5.74, 6) is 1.25. The third-order valence-electron chi connectivity index (χ3n) is 4.50. The zero-order valence-corrected chi connectivity index (χ0v) is 17.5. The van der Waals surface area contributed by atoms with Gasteiger partial charge in [-0.15, -0.1) is 4.40 Å². The number of nitrogens with zero attached hydrogens (tertiary/aromatic N) is 2. The van der Waals surface area contributed by atoms with Gasteiger partial charge in [0.05, 0.1) is 4.90 Å². The van der Waals surface area contributed by atoms with Gasteiger partial charge in [0.2, 0.25) is 0 Å². The number of rotatable bonds is 6. The van der Waals surface area contributed by atoms with Crippen LogP contribution >= 0.6 is 11.8 Å². The normalized spacial score (nSPS) is 15.8. The van der Waals surface area contributed by atoms with Crippen molar-refractivity contribution in [3.63, 3.8) is 0 Å². The third kappa shape index (κ3) is 4.94. The highest BCUT2D eigenvalue weighted by molar-refractivity contribution is 7.97. The number of anilines is 1. The fourth-order valence-corrected chi connectivity index (χ4v) is 4.55. The summed E-state index contributed by atoms with van der Waals surface area (Å²) in [5, 5.41) is 2.79. The molecule has 0 bridgehead atoms. The Morgan fingerprint density at radius 3 is 2.39 bits per heavy atom. The number of amidine groups is 1. The van der Waals surface area contributed by atoms with Crippen molar-refractivity contribution in [3.8, 4) is 0 Å². The number of nitrogens with one attached hydrogen (secondary N) is 1. The number of likely N-dealkylation sites (tertiary alicyclic amines) is 1. The average Bonchev–Trinajstić information content (AvgIpc) is 3.07. The highest BCUT2D eigenvalue weighted by Gasteiger charge is 2.20.